The lowest BCUT2D eigenvalue weighted by Crippen LogP contribution is -2.23. The first-order chi connectivity index (χ1) is 9.90. The van der Waals surface area contributed by atoms with Crippen molar-refractivity contribution < 1.29 is 27.8 Å². The van der Waals surface area contributed by atoms with E-state index in [0.717, 1.165) is 18.2 Å². The monoisotopic (exact) mass is 296 g/mol. The molecule has 0 fully saturated rings. The minimum atomic E-state index is -3.23. The van der Waals surface area contributed by atoms with Crippen LogP contribution in [0.4, 0.5) is 13.2 Å². The van der Waals surface area contributed by atoms with Gasteiger partial charge in [0.15, 0.2) is 6.61 Å². The number of carbonyl (C=O) groups is 1. The number of carboxylic acids is 1. The third-order valence-corrected chi connectivity index (χ3v) is 2.79. The van der Waals surface area contributed by atoms with Crippen molar-refractivity contribution in [2.45, 2.75) is 5.92 Å². The maximum Gasteiger partial charge on any atom is 0.338 e. The number of carboxylic acid groups (broad SMARTS) is 1. The first kappa shape index (κ1) is 14.9. The van der Waals surface area contributed by atoms with Crippen molar-refractivity contribution in [2.24, 2.45) is 0 Å². The van der Waals surface area contributed by atoms with E-state index in [0.29, 0.717) is 0 Å². The van der Waals surface area contributed by atoms with Gasteiger partial charge in [0, 0.05) is 11.6 Å². The average Bonchev–Trinajstić information content (AvgIpc) is 2.46. The van der Waals surface area contributed by atoms with Crippen LogP contribution in [-0.4, -0.2) is 17.7 Å². The molecule has 0 aliphatic carbocycles. The van der Waals surface area contributed by atoms with Crippen LogP contribution in [0.3, 0.4) is 0 Å². The molecule has 0 atom stereocenters. The molecule has 0 amide bonds. The summed E-state index contributed by atoms with van der Waals surface area (Å²) < 4.78 is 45.9. The molecule has 0 saturated heterocycles. The van der Waals surface area contributed by atoms with Gasteiger partial charge >= 0.3 is 11.9 Å². The van der Waals surface area contributed by atoms with Gasteiger partial charge in [-0.05, 0) is 12.1 Å². The lowest BCUT2D eigenvalue weighted by atomic mass is 10.1. The van der Waals surface area contributed by atoms with Crippen LogP contribution in [0.25, 0.3) is 0 Å². The van der Waals surface area contributed by atoms with E-state index >= 15 is 0 Å². The van der Waals surface area contributed by atoms with Crippen molar-refractivity contribution in [3.05, 3.63) is 65.5 Å². The van der Waals surface area contributed by atoms with Gasteiger partial charge in [0.2, 0.25) is 0 Å². The Labute approximate surface area is 118 Å². The van der Waals surface area contributed by atoms with Crippen LogP contribution in [0.5, 0.6) is 5.75 Å². The maximum absolute atomic E-state index is 13.8. The fourth-order valence-electron chi connectivity index (χ4n) is 1.70. The summed E-state index contributed by atoms with van der Waals surface area (Å²) in [6.07, 6.45) is 0. The summed E-state index contributed by atoms with van der Waals surface area (Å²) in [5.74, 6) is -5.87. The average molecular weight is 296 g/mol. The smallest absolute Gasteiger partial charge is 0.338 e. The molecule has 6 heteroatoms. The van der Waals surface area contributed by atoms with Crippen LogP contribution in [-0.2, 0) is 5.92 Å². The van der Waals surface area contributed by atoms with Crippen LogP contribution in [0.2, 0.25) is 0 Å². The second-order valence-corrected chi connectivity index (χ2v) is 4.31. The maximum atomic E-state index is 13.8. The Morgan fingerprint density at radius 3 is 2.38 bits per heavy atom. The molecule has 0 aliphatic heterocycles. The van der Waals surface area contributed by atoms with Crippen molar-refractivity contribution in [2.75, 3.05) is 6.61 Å². The predicted molar refractivity (Wildman–Crippen MR) is 69.2 cm³/mol. The SMILES string of the molecule is O=C(O)c1ccc(OCC(F)(F)c2ccccc2)cc1F. The number of rotatable bonds is 5. The van der Waals surface area contributed by atoms with Crippen molar-refractivity contribution in [1.82, 2.24) is 0 Å². The third kappa shape index (κ3) is 3.53. The van der Waals surface area contributed by atoms with Crippen LogP contribution in [0.15, 0.2) is 48.5 Å². The fourth-order valence-corrected chi connectivity index (χ4v) is 1.70. The number of alkyl halides is 2. The van der Waals surface area contributed by atoms with E-state index < -0.39 is 29.9 Å². The van der Waals surface area contributed by atoms with E-state index in [-0.39, 0.29) is 11.3 Å². The van der Waals surface area contributed by atoms with Crippen molar-refractivity contribution in [3.63, 3.8) is 0 Å². The summed E-state index contributed by atoms with van der Waals surface area (Å²) in [6.45, 7) is -0.969. The van der Waals surface area contributed by atoms with E-state index in [4.69, 9.17) is 9.84 Å². The molecule has 0 unspecified atom stereocenters. The van der Waals surface area contributed by atoms with Crippen molar-refractivity contribution in [1.29, 1.82) is 0 Å². The van der Waals surface area contributed by atoms with Crippen molar-refractivity contribution in [3.8, 4) is 5.75 Å². The predicted octanol–water partition coefficient (Wildman–Crippen LogP) is 3.69. The summed E-state index contributed by atoms with van der Waals surface area (Å²) in [5, 5.41) is 8.66. The second-order valence-electron chi connectivity index (χ2n) is 4.31. The van der Waals surface area contributed by atoms with Crippen LogP contribution >= 0.6 is 0 Å². The summed E-state index contributed by atoms with van der Waals surface area (Å²) in [7, 11) is 0. The highest BCUT2D eigenvalue weighted by Crippen LogP contribution is 2.29. The van der Waals surface area contributed by atoms with E-state index in [1.807, 2.05) is 0 Å². The van der Waals surface area contributed by atoms with E-state index in [2.05, 4.69) is 0 Å². The molecule has 2 aromatic carbocycles. The van der Waals surface area contributed by atoms with E-state index in [9.17, 15) is 18.0 Å². The van der Waals surface area contributed by atoms with Gasteiger partial charge in [-0.15, -0.1) is 0 Å². The molecular formula is C15H11F3O3. The number of ether oxygens (including phenoxy) is 1. The molecule has 110 valence electrons. The van der Waals surface area contributed by atoms with Gasteiger partial charge in [0.1, 0.15) is 11.6 Å². The number of halogens is 3. The second kappa shape index (κ2) is 5.87. The first-order valence-corrected chi connectivity index (χ1v) is 5.99. The molecule has 0 spiro atoms. The minimum absolute atomic E-state index is 0.159. The molecule has 0 bridgehead atoms. The van der Waals surface area contributed by atoms with Gasteiger partial charge < -0.3 is 9.84 Å². The molecule has 21 heavy (non-hydrogen) atoms. The minimum Gasteiger partial charge on any atom is -0.487 e. The summed E-state index contributed by atoms with van der Waals surface area (Å²) in [4.78, 5) is 10.6. The molecule has 0 aromatic heterocycles. The summed E-state index contributed by atoms with van der Waals surface area (Å²) in [6, 6.07) is 9.95. The quantitative estimate of drug-likeness (QED) is 0.915. The normalized spacial score (nSPS) is 11.2. The Balaban J connectivity index is 2.09. The molecule has 0 heterocycles. The largest absolute Gasteiger partial charge is 0.487 e. The topological polar surface area (TPSA) is 46.5 Å². The Hall–Kier alpha value is -2.50. The summed E-state index contributed by atoms with van der Waals surface area (Å²) >= 11 is 0. The van der Waals surface area contributed by atoms with Gasteiger partial charge in [-0.25, -0.2) is 9.18 Å². The molecule has 0 aliphatic rings. The number of aromatic carboxylic acids is 1. The Bertz CT molecular complexity index is 642. The lowest BCUT2D eigenvalue weighted by molar-refractivity contribution is -0.0468. The zero-order valence-corrected chi connectivity index (χ0v) is 10.7. The molecule has 2 aromatic rings. The van der Waals surface area contributed by atoms with Gasteiger partial charge in [0.25, 0.3) is 0 Å². The highest BCUT2D eigenvalue weighted by molar-refractivity contribution is 5.88. The van der Waals surface area contributed by atoms with Gasteiger partial charge in [-0.3, -0.25) is 0 Å². The molecule has 0 saturated carbocycles. The van der Waals surface area contributed by atoms with Gasteiger partial charge in [-0.2, -0.15) is 8.78 Å². The van der Waals surface area contributed by atoms with Crippen LogP contribution < -0.4 is 4.74 Å². The number of hydrogen-bond acceptors (Lipinski definition) is 2. The van der Waals surface area contributed by atoms with Crippen LogP contribution in [0, 0.1) is 5.82 Å². The zero-order chi connectivity index (χ0) is 15.5. The zero-order valence-electron chi connectivity index (χ0n) is 10.7. The molecule has 0 radical (unpaired) electrons. The Morgan fingerprint density at radius 1 is 1.14 bits per heavy atom. The lowest BCUT2D eigenvalue weighted by Gasteiger charge is -2.17. The number of benzene rings is 2. The molecule has 3 nitrogen and oxygen atoms in total. The van der Waals surface area contributed by atoms with E-state index in [1.165, 1.54) is 24.3 Å². The highest BCUT2D eigenvalue weighted by atomic mass is 19.3. The molecular weight excluding hydrogens is 285 g/mol. The van der Waals surface area contributed by atoms with Crippen molar-refractivity contribution >= 4 is 5.97 Å². The van der Waals surface area contributed by atoms with Gasteiger partial charge in [-0.1, -0.05) is 30.3 Å². The third-order valence-electron chi connectivity index (χ3n) is 2.79. The van der Waals surface area contributed by atoms with Gasteiger partial charge in [0.05, 0.1) is 5.56 Å². The van der Waals surface area contributed by atoms with E-state index in [1.54, 1.807) is 6.07 Å². The Kier molecular flexibility index (Phi) is 4.16. The first-order valence-electron chi connectivity index (χ1n) is 5.99. The Morgan fingerprint density at radius 2 is 1.81 bits per heavy atom. The number of hydrogen-bond donors (Lipinski definition) is 1. The highest BCUT2D eigenvalue weighted by Gasteiger charge is 2.32. The van der Waals surface area contributed by atoms with Crippen LogP contribution in [0.1, 0.15) is 15.9 Å². The molecule has 1 N–H and O–H groups in total. The summed E-state index contributed by atoms with van der Waals surface area (Å²) in [5.41, 5.74) is -0.759. The molecule has 2 rings (SSSR count). The fraction of sp³-hybridized carbons (Fsp3) is 0.133. The standard InChI is InChI=1S/C15H11F3O3/c16-13-8-11(6-7-12(13)14(19)20)21-9-15(17,18)10-4-2-1-3-5-10/h1-8H,9H2,(H,19,20).